The van der Waals surface area contributed by atoms with E-state index < -0.39 is 23.4 Å². The maximum Gasteiger partial charge on any atom is 0.334 e. The number of allylic oxidation sites excluding steroid dienone is 1. The van der Waals surface area contributed by atoms with Crippen molar-refractivity contribution in [3.8, 4) is 11.5 Å². The van der Waals surface area contributed by atoms with Crippen molar-refractivity contribution in [1.29, 1.82) is 0 Å². The van der Waals surface area contributed by atoms with E-state index in [0.717, 1.165) is 12.1 Å². The molecule has 0 aliphatic rings. The predicted molar refractivity (Wildman–Crippen MR) is 81.3 cm³/mol. The van der Waals surface area contributed by atoms with Crippen LogP contribution in [0.2, 0.25) is 0 Å². The third-order valence-electron chi connectivity index (χ3n) is 2.31. The van der Waals surface area contributed by atoms with Crippen LogP contribution in [0.5, 0.6) is 11.5 Å². The molecule has 0 bridgehead atoms. The first kappa shape index (κ1) is 18.4. The Morgan fingerprint density at radius 1 is 1.36 bits per heavy atom. The molecule has 0 heterocycles. The Kier molecular flexibility index (Phi) is 7.31. The molecule has 0 aliphatic carbocycles. The smallest absolute Gasteiger partial charge is 0.334 e. The minimum atomic E-state index is -0.968. The predicted octanol–water partition coefficient (Wildman–Crippen LogP) is 3.97. The molecular formula is C15H17BrF2O4. The number of ether oxygens (including phenoxy) is 3. The van der Waals surface area contributed by atoms with E-state index in [0.29, 0.717) is 0 Å². The van der Waals surface area contributed by atoms with Gasteiger partial charge in [-0.3, -0.25) is 0 Å². The van der Waals surface area contributed by atoms with Gasteiger partial charge in [0.1, 0.15) is 5.76 Å². The highest BCUT2D eigenvalue weighted by Crippen LogP contribution is 2.31. The van der Waals surface area contributed by atoms with Gasteiger partial charge in [-0.1, -0.05) is 15.9 Å². The first-order valence-electron chi connectivity index (χ1n) is 6.64. The van der Waals surface area contributed by atoms with E-state index in [1.54, 1.807) is 20.8 Å². The first-order chi connectivity index (χ1) is 10.4. The first-order valence-corrected chi connectivity index (χ1v) is 7.77. The highest BCUT2D eigenvalue weighted by Gasteiger charge is 2.19. The number of alkyl halides is 1. The van der Waals surface area contributed by atoms with Crippen molar-refractivity contribution >= 4 is 21.9 Å². The number of halogens is 3. The summed E-state index contributed by atoms with van der Waals surface area (Å²) in [6, 6.07) is 2.22. The fraction of sp³-hybridized carbons (Fsp3) is 0.400. The Morgan fingerprint density at radius 2 is 2.05 bits per heavy atom. The number of carbonyl (C=O) groups excluding carboxylic acids is 1. The highest BCUT2D eigenvalue weighted by atomic mass is 79.9. The molecule has 0 spiro atoms. The van der Waals surface area contributed by atoms with Crippen molar-refractivity contribution in [2.45, 2.75) is 26.9 Å². The second kappa shape index (κ2) is 8.73. The second-order valence-corrected chi connectivity index (χ2v) is 5.01. The molecule has 0 unspecified atom stereocenters. The van der Waals surface area contributed by atoms with E-state index in [1.165, 1.54) is 6.07 Å². The maximum atomic E-state index is 14.2. The number of rotatable bonds is 7. The zero-order chi connectivity index (χ0) is 16.7. The monoisotopic (exact) mass is 378 g/mol. The lowest BCUT2D eigenvalue weighted by Crippen LogP contribution is -2.10. The van der Waals surface area contributed by atoms with Crippen molar-refractivity contribution in [2.24, 2.45) is 0 Å². The zero-order valence-electron chi connectivity index (χ0n) is 12.5. The third-order valence-corrected chi connectivity index (χ3v) is 2.86. The van der Waals surface area contributed by atoms with E-state index in [1.807, 2.05) is 0 Å². The van der Waals surface area contributed by atoms with Gasteiger partial charge in [0.25, 0.3) is 0 Å². The number of hydrogen-bond donors (Lipinski definition) is 0. The average Bonchev–Trinajstić information content (AvgIpc) is 2.45. The van der Waals surface area contributed by atoms with Crippen molar-refractivity contribution in [2.75, 3.05) is 11.9 Å². The molecular weight excluding hydrogens is 362 g/mol. The molecule has 7 heteroatoms. The van der Waals surface area contributed by atoms with Crippen LogP contribution in [0, 0.1) is 11.6 Å². The summed E-state index contributed by atoms with van der Waals surface area (Å²) in [6.45, 7) is 5.26. The SMILES string of the molecule is CCOC(=O)/C=C(/CBr)Oc1c(F)ccc(OC(C)C)c1F. The van der Waals surface area contributed by atoms with Crippen LogP contribution in [0.15, 0.2) is 24.0 Å². The molecule has 4 nitrogen and oxygen atoms in total. The Hall–Kier alpha value is -1.63. The number of benzene rings is 1. The van der Waals surface area contributed by atoms with Crippen molar-refractivity contribution in [1.82, 2.24) is 0 Å². The van der Waals surface area contributed by atoms with Crippen LogP contribution in [-0.2, 0) is 9.53 Å². The van der Waals surface area contributed by atoms with Gasteiger partial charge in [-0.25, -0.2) is 9.18 Å². The van der Waals surface area contributed by atoms with Gasteiger partial charge in [0.15, 0.2) is 11.6 Å². The molecule has 0 saturated carbocycles. The van der Waals surface area contributed by atoms with Gasteiger partial charge in [-0.15, -0.1) is 0 Å². The Bertz CT molecular complexity index is 559. The van der Waals surface area contributed by atoms with Crippen LogP contribution >= 0.6 is 15.9 Å². The summed E-state index contributed by atoms with van der Waals surface area (Å²) in [5.74, 6) is -3.27. The summed E-state index contributed by atoms with van der Waals surface area (Å²) in [5, 5.41) is 0.0833. The fourth-order valence-corrected chi connectivity index (χ4v) is 1.77. The molecule has 122 valence electrons. The molecule has 0 aliphatic heterocycles. The van der Waals surface area contributed by atoms with Gasteiger partial charge in [0, 0.05) is 0 Å². The number of hydrogen-bond acceptors (Lipinski definition) is 4. The Morgan fingerprint density at radius 3 is 2.59 bits per heavy atom. The second-order valence-electron chi connectivity index (χ2n) is 4.45. The summed E-state index contributed by atoms with van der Waals surface area (Å²) < 4.78 is 43.1. The molecule has 1 aromatic rings. The summed E-state index contributed by atoms with van der Waals surface area (Å²) in [7, 11) is 0. The van der Waals surface area contributed by atoms with Crippen LogP contribution in [0.4, 0.5) is 8.78 Å². The number of carbonyl (C=O) groups is 1. The highest BCUT2D eigenvalue weighted by molar-refractivity contribution is 9.09. The summed E-state index contributed by atoms with van der Waals surface area (Å²) >= 11 is 3.08. The van der Waals surface area contributed by atoms with Gasteiger partial charge >= 0.3 is 5.97 Å². The summed E-state index contributed by atoms with van der Waals surface area (Å²) in [6.07, 6.45) is 0.742. The van der Waals surface area contributed by atoms with Crippen LogP contribution in [-0.4, -0.2) is 24.0 Å². The van der Waals surface area contributed by atoms with E-state index in [2.05, 4.69) is 15.9 Å². The number of esters is 1. The minimum Gasteiger partial charge on any atom is -0.488 e. The lowest BCUT2D eigenvalue weighted by atomic mass is 10.3. The summed E-state index contributed by atoms with van der Waals surface area (Å²) in [4.78, 5) is 11.4. The molecule has 0 fully saturated rings. The van der Waals surface area contributed by atoms with E-state index in [-0.39, 0.29) is 29.5 Å². The normalized spacial score (nSPS) is 11.5. The molecule has 0 atom stereocenters. The van der Waals surface area contributed by atoms with Crippen LogP contribution < -0.4 is 9.47 Å². The van der Waals surface area contributed by atoms with Gasteiger partial charge in [0.2, 0.25) is 11.6 Å². The molecule has 1 rings (SSSR count). The lowest BCUT2D eigenvalue weighted by molar-refractivity contribution is -0.137. The fourth-order valence-electron chi connectivity index (χ4n) is 1.49. The van der Waals surface area contributed by atoms with Crippen molar-refractivity contribution in [3.05, 3.63) is 35.6 Å². The molecule has 22 heavy (non-hydrogen) atoms. The van der Waals surface area contributed by atoms with Gasteiger partial charge in [-0.05, 0) is 32.9 Å². The topological polar surface area (TPSA) is 44.8 Å². The minimum absolute atomic E-state index is 0.0120. The molecule has 0 amide bonds. The maximum absolute atomic E-state index is 14.2. The average molecular weight is 379 g/mol. The largest absolute Gasteiger partial charge is 0.488 e. The zero-order valence-corrected chi connectivity index (χ0v) is 14.1. The molecule has 0 saturated heterocycles. The van der Waals surface area contributed by atoms with E-state index >= 15 is 0 Å². The molecule has 0 radical (unpaired) electrons. The van der Waals surface area contributed by atoms with Crippen LogP contribution in [0.25, 0.3) is 0 Å². The van der Waals surface area contributed by atoms with Crippen LogP contribution in [0.3, 0.4) is 0 Å². The molecule has 0 N–H and O–H groups in total. The standard InChI is InChI=1S/C15H17BrF2O4/c1-4-20-13(19)7-10(8-16)22-15-11(17)5-6-12(14(15)18)21-9(2)3/h5-7,9H,4,8H2,1-3H3/b10-7-. The van der Waals surface area contributed by atoms with Gasteiger partial charge in [-0.2, -0.15) is 4.39 Å². The Balaban J connectivity index is 3.07. The van der Waals surface area contributed by atoms with Gasteiger partial charge in [0.05, 0.1) is 24.1 Å². The van der Waals surface area contributed by atoms with Crippen molar-refractivity contribution in [3.63, 3.8) is 0 Å². The van der Waals surface area contributed by atoms with E-state index in [9.17, 15) is 13.6 Å². The Labute approximate surface area is 136 Å². The lowest BCUT2D eigenvalue weighted by Gasteiger charge is -2.14. The summed E-state index contributed by atoms with van der Waals surface area (Å²) in [5.41, 5.74) is 0. The van der Waals surface area contributed by atoms with Crippen LogP contribution in [0.1, 0.15) is 20.8 Å². The van der Waals surface area contributed by atoms with Crippen molar-refractivity contribution < 1.29 is 27.8 Å². The van der Waals surface area contributed by atoms with Gasteiger partial charge < -0.3 is 14.2 Å². The molecule has 0 aromatic heterocycles. The van der Waals surface area contributed by atoms with E-state index in [4.69, 9.17) is 14.2 Å². The third kappa shape index (κ3) is 5.29. The molecule has 1 aromatic carbocycles. The quantitative estimate of drug-likeness (QED) is 0.311.